The highest BCUT2D eigenvalue weighted by Crippen LogP contribution is 2.24. The first-order valence-corrected chi connectivity index (χ1v) is 6.37. The first-order chi connectivity index (χ1) is 9.11. The summed E-state index contributed by atoms with van der Waals surface area (Å²) >= 11 is 0. The molecule has 102 valence electrons. The first kappa shape index (κ1) is 13.7. The van der Waals surface area contributed by atoms with Gasteiger partial charge in [-0.1, -0.05) is 12.1 Å². The molecule has 0 amide bonds. The Balaban J connectivity index is 2.08. The number of nitrogens with zero attached hydrogens (tertiary/aromatic N) is 2. The molecule has 0 saturated carbocycles. The van der Waals surface area contributed by atoms with Crippen molar-refractivity contribution in [3.63, 3.8) is 0 Å². The number of aryl methyl sites for hydroxylation is 2. The number of aromatic nitrogens is 2. The lowest BCUT2D eigenvalue weighted by molar-refractivity contribution is 0.389. The van der Waals surface area contributed by atoms with Crippen molar-refractivity contribution in [3.8, 4) is 0 Å². The Hall–Kier alpha value is -1.75. The van der Waals surface area contributed by atoms with Crippen LogP contribution in [0.3, 0.4) is 0 Å². The summed E-state index contributed by atoms with van der Waals surface area (Å²) in [7, 11) is 0. The predicted molar refractivity (Wildman–Crippen MR) is 70.0 cm³/mol. The fourth-order valence-electron chi connectivity index (χ4n) is 2.23. The monoisotopic (exact) mass is 263 g/mol. The van der Waals surface area contributed by atoms with Gasteiger partial charge in [0.25, 0.3) is 0 Å². The Morgan fingerprint density at radius 1 is 1.37 bits per heavy atom. The Bertz CT molecular complexity index is 534. The Kier molecular flexibility index (Phi) is 4.27. The Labute approximate surface area is 112 Å². The average molecular weight is 263 g/mol. The van der Waals surface area contributed by atoms with Gasteiger partial charge in [-0.3, -0.25) is 4.98 Å². The van der Waals surface area contributed by atoms with E-state index in [0.29, 0.717) is 6.54 Å². The summed E-state index contributed by atoms with van der Waals surface area (Å²) in [6.07, 6.45) is 3.77. The molecule has 4 nitrogen and oxygen atoms in total. The summed E-state index contributed by atoms with van der Waals surface area (Å²) in [5, 5.41) is 7.36. The van der Waals surface area contributed by atoms with Crippen molar-refractivity contribution in [1.29, 1.82) is 0 Å². The van der Waals surface area contributed by atoms with Gasteiger partial charge in [-0.25, -0.2) is 4.39 Å². The lowest BCUT2D eigenvalue weighted by Gasteiger charge is -2.16. The third-order valence-corrected chi connectivity index (χ3v) is 3.16. The molecule has 2 aromatic heterocycles. The smallest absolute Gasteiger partial charge is 0.141 e. The van der Waals surface area contributed by atoms with Crippen molar-refractivity contribution in [3.05, 3.63) is 46.9 Å². The van der Waals surface area contributed by atoms with Gasteiger partial charge in [-0.15, -0.1) is 0 Å². The van der Waals surface area contributed by atoms with Crippen LogP contribution in [0.2, 0.25) is 0 Å². The predicted octanol–water partition coefficient (Wildman–Crippen LogP) is 3.07. The number of nitrogens with one attached hydrogen (secondary N) is 1. The highest BCUT2D eigenvalue weighted by Gasteiger charge is 2.18. The normalized spacial score (nSPS) is 12.6. The quantitative estimate of drug-likeness (QED) is 0.900. The fraction of sp³-hybridized carbons (Fsp3) is 0.429. The minimum absolute atomic E-state index is 0.148. The molecule has 0 aliphatic rings. The first-order valence-electron chi connectivity index (χ1n) is 6.37. The Morgan fingerprint density at radius 3 is 2.74 bits per heavy atom. The molecule has 5 heteroatoms. The minimum atomic E-state index is -0.315. The summed E-state index contributed by atoms with van der Waals surface area (Å²) in [6, 6.07) is 1.63. The molecule has 0 aliphatic carbocycles. The molecule has 0 aliphatic heterocycles. The number of hydrogen-bond donors (Lipinski definition) is 1. The second-order valence-electron chi connectivity index (χ2n) is 4.59. The molecule has 0 bridgehead atoms. The molecule has 2 rings (SSSR count). The van der Waals surface area contributed by atoms with Crippen LogP contribution in [-0.2, 0) is 6.54 Å². The van der Waals surface area contributed by atoms with Gasteiger partial charge in [0.05, 0.1) is 11.9 Å². The lowest BCUT2D eigenvalue weighted by Crippen LogP contribution is -2.21. The van der Waals surface area contributed by atoms with E-state index in [0.717, 1.165) is 29.0 Å². The van der Waals surface area contributed by atoms with E-state index in [-0.39, 0.29) is 11.9 Å². The van der Waals surface area contributed by atoms with E-state index in [2.05, 4.69) is 22.4 Å². The second-order valence-corrected chi connectivity index (χ2v) is 4.59. The number of halogens is 1. The van der Waals surface area contributed by atoms with Crippen molar-refractivity contribution >= 4 is 0 Å². The highest BCUT2D eigenvalue weighted by atomic mass is 19.1. The molecule has 1 atom stereocenters. The largest absolute Gasteiger partial charge is 0.361 e. The summed E-state index contributed by atoms with van der Waals surface area (Å²) in [5.41, 5.74) is 2.81. The molecule has 0 radical (unpaired) electrons. The van der Waals surface area contributed by atoms with Crippen molar-refractivity contribution < 1.29 is 8.91 Å². The molecule has 1 unspecified atom stereocenters. The van der Waals surface area contributed by atoms with Gasteiger partial charge in [-0.05, 0) is 31.9 Å². The van der Waals surface area contributed by atoms with Crippen LogP contribution in [-0.4, -0.2) is 10.1 Å². The van der Waals surface area contributed by atoms with Crippen LogP contribution in [0.1, 0.15) is 42.0 Å². The second kappa shape index (κ2) is 5.93. The van der Waals surface area contributed by atoms with E-state index < -0.39 is 0 Å². The van der Waals surface area contributed by atoms with Gasteiger partial charge in [0.2, 0.25) is 0 Å². The number of pyridine rings is 1. The molecule has 2 heterocycles. The zero-order chi connectivity index (χ0) is 13.8. The van der Waals surface area contributed by atoms with E-state index in [1.807, 2.05) is 13.8 Å². The molecule has 0 fully saturated rings. The molecule has 0 aromatic carbocycles. The number of rotatable bonds is 5. The van der Waals surface area contributed by atoms with Crippen LogP contribution in [0.4, 0.5) is 4.39 Å². The SMILES string of the molecule is CCC(NCc1cncc(F)c1)c1c(C)noc1C. The van der Waals surface area contributed by atoms with Crippen molar-refractivity contribution in [2.75, 3.05) is 0 Å². The van der Waals surface area contributed by atoms with Gasteiger partial charge in [-0.2, -0.15) is 0 Å². The summed E-state index contributed by atoms with van der Waals surface area (Å²) in [4.78, 5) is 3.84. The van der Waals surface area contributed by atoms with Gasteiger partial charge >= 0.3 is 0 Å². The van der Waals surface area contributed by atoms with E-state index >= 15 is 0 Å². The third-order valence-electron chi connectivity index (χ3n) is 3.16. The van der Waals surface area contributed by atoms with E-state index in [1.165, 1.54) is 12.3 Å². The van der Waals surface area contributed by atoms with Crippen LogP contribution in [0, 0.1) is 19.7 Å². The molecular weight excluding hydrogens is 245 g/mol. The molecule has 0 spiro atoms. The van der Waals surface area contributed by atoms with Crippen LogP contribution in [0.25, 0.3) is 0 Å². The average Bonchev–Trinajstić information content (AvgIpc) is 2.71. The molecule has 0 saturated heterocycles. The van der Waals surface area contributed by atoms with Gasteiger partial charge in [0.1, 0.15) is 11.6 Å². The van der Waals surface area contributed by atoms with E-state index in [1.54, 1.807) is 6.20 Å². The van der Waals surface area contributed by atoms with E-state index in [9.17, 15) is 4.39 Å². The van der Waals surface area contributed by atoms with Crippen LogP contribution < -0.4 is 5.32 Å². The fourth-order valence-corrected chi connectivity index (χ4v) is 2.23. The molecule has 2 aromatic rings. The standard InChI is InChI=1S/C14H18FN3O/c1-4-13(14-9(2)18-19-10(14)3)17-7-11-5-12(15)8-16-6-11/h5-6,8,13,17H,4,7H2,1-3H3. The number of hydrogen-bond acceptors (Lipinski definition) is 4. The Morgan fingerprint density at radius 2 is 2.16 bits per heavy atom. The van der Waals surface area contributed by atoms with Crippen LogP contribution in [0.5, 0.6) is 0 Å². The van der Waals surface area contributed by atoms with Crippen LogP contribution >= 0.6 is 0 Å². The van der Waals surface area contributed by atoms with E-state index in [4.69, 9.17) is 4.52 Å². The minimum Gasteiger partial charge on any atom is -0.361 e. The maximum absolute atomic E-state index is 13.1. The summed E-state index contributed by atoms with van der Waals surface area (Å²) < 4.78 is 18.2. The topological polar surface area (TPSA) is 51.0 Å². The van der Waals surface area contributed by atoms with Crippen molar-refractivity contribution in [2.24, 2.45) is 0 Å². The highest BCUT2D eigenvalue weighted by molar-refractivity contribution is 5.25. The zero-order valence-corrected chi connectivity index (χ0v) is 11.4. The maximum atomic E-state index is 13.1. The summed E-state index contributed by atoms with van der Waals surface area (Å²) in [6.45, 7) is 6.49. The van der Waals surface area contributed by atoms with Gasteiger partial charge in [0.15, 0.2) is 0 Å². The van der Waals surface area contributed by atoms with Gasteiger partial charge < -0.3 is 9.84 Å². The van der Waals surface area contributed by atoms with Crippen LogP contribution in [0.15, 0.2) is 23.0 Å². The third kappa shape index (κ3) is 3.17. The lowest BCUT2D eigenvalue weighted by atomic mass is 10.0. The molecule has 1 N–H and O–H groups in total. The molecule has 19 heavy (non-hydrogen) atoms. The van der Waals surface area contributed by atoms with Crippen molar-refractivity contribution in [2.45, 2.75) is 39.8 Å². The zero-order valence-electron chi connectivity index (χ0n) is 11.4. The van der Waals surface area contributed by atoms with Crippen molar-refractivity contribution in [1.82, 2.24) is 15.5 Å². The summed E-state index contributed by atoms with van der Waals surface area (Å²) in [5.74, 6) is 0.513. The molecular formula is C14H18FN3O. The maximum Gasteiger partial charge on any atom is 0.141 e. The van der Waals surface area contributed by atoms with Gasteiger partial charge in [0, 0.05) is 24.3 Å².